The van der Waals surface area contributed by atoms with Gasteiger partial charge < -0.3 is 4.90 Å². The van der Waals surface area contributed by atoms with Gasteiger partial charge in [-0.3, -0.25) is 4.79 Å². The number of fused-ring (bicyclic) bond motifs is 1. The molecule has 1 unspecified atom stereocenters. The van der Waals surface area contributed by atoms with Crippen LogP contribution in [0.5, 0.6) is 0 Å². The molecule has 0 aromatic carbocycles. The Labute approximate surface area is 139 Å². The van der Waals surface area contributed by atoms with Gasteiger partial charge in [-0.15, -0.1) is 0 Å². The Bertz CT molecular complexity index is 851. The monoisotopic (exact) mass is 322 g/mol. The van der Waals surface area contributed by atoms with E-state index in [1.54, 1.807) is 16.9 Å². The summed E-state index contributed by atoms with van der Waals surface area (Å²) in [7, 11) is 0. The predicted molar refractivity (Wildman–Crippen MR) is 87.6 cm³/mol. The second-order valence-electron chi connectivity index (χ2n) is 6.35. The predicted octanol–water partition coefficient (Wildman–Crippen LogP) is 1.06. The van der Waals surface area contributed by atoms with E-state index in [0.717, 1.165) is 55.7 Å². The zero-order valence-corrected chi connectivity index (χ0v) is 13.4. The summed E-state index contributed by atoms with van der Waals surface area (Å²) in [6.07, 6.45) is 8.18. The highest BCUT2D eigenvalue weighted by molar-refractivity contribution is 5.40. The molecule has 1 atom stereocenters. The lowest BCUT2D eigenvalue weighted by atomic mass is 10.2. The van der Waals surface area contributed by atoms with Crippen molar-refractivity contribution in [3.05, 3.63) is 45.8 Å². The van der Waals surface area contributed by atoms with Gasteiger partial charge in [0.1, 0.15) is 11.9 Å². The zero-order chi connectivity index (χ0) is 16.5. The van der Waals surface area contributed by atoms with Gasteiger partial charge in [-0.1, -0.05) is 0 Å². The molecule has 7 nitrogen and oxygen atoms in total. The average molecular weight is 322 g/mol. The molecule has 122 valence electrons. The van der Waals surface area contributed by atoms with Crippen LogP contribution in [0.4, 0.5) is 5.82 Å². The number of aromatic nitrogens is 4. The van der Waals surface area contributed by atoms with Crippen LogP contribution in [-0.4, -0.2) is 32.3 Å². The van der Waals surface area contributed by atoms with Gasteiger partial charge >= 0.3 is 0 Å². The van der Waals surface area contributed by atoms with Crippen LogP contribution >= 0.6 is 0 Å². The van der Waals surface area contributed by atoms with E-state index >= 15 is 0 Å². The number of hydrogen-bond donors (Lipinski definition) is 0. The molecule has 7 heteroatoms. The third-order valence-electron chi connectivity index (χ3n) is 4.83. The van der Waals surface area contributed by atoms with Gasteiger partial charge in [0.15, 0.2) is 5.69 Å². The van der Waals surface area contributed by atoms with Crippen LogP contribution in [-0.2, 0) is 19.4 Å². The van der Waals surface area contributed by atoms with E-state index in [9.17, 15) is 4.79 Å². The van der Waals surface area contributed by atoms with Gasteiger partial charge in [0.25, 0.3) is 5.56 Å². The summed E-state index contributed by atoms with van der Waals surface area (Å²) in [6, 6.07) is 3.90. The smallest absolute Gasteiger partial charge is 0.267 e. The summed E-state index contributed by atoms with van der Waals surface area (Å²) in [5.41, 5.74) is 2.47. The largest absolute Gasteiger partial charge is 0.350 e. The molecule has 0 radical (unpaired) electrons. The molecule has 0 spiro atoms. The molecular formula is C17H18N6O. The lowest BCUT2D eigenvalue weighted by molar-refractivity contribution is 0.481. The normalized spacial score (nSPS) is 19.3. The average Bonchev–Trinajstić information content (AvgIpc) is 3.24. The first kappa shape index (κ1) is 14.8. The molecule has 0 amide bonds. The summed E-state index contributed by atoms with van der Waals surface area (Å²) >= 11 is 0. The lowest BCUT2D eigenvalue weighted by Crippen LogP contribution is -2.38. The first-order chi connectivity index (χ1) is 11.7. The highest BCUT2D eigenvalue weighted by Gasteiger charge is 2.27. The van der Waals surface area contributed by atoms with Crippen molar-refractivity contribution in [3.8, 4) is 6.07 Å². The zero-order valence-electron chi connectivity index (χ0n) is 13.4. The quantitative estimate of drug-likeness (QED) is 0.840. The van der Waals surface area contributed by atoms with Crippen LogP contribution in [0.1, 0.15) is 36.2 Å². The summed E-state index contributed by atoms with van der Waals surface area (Å²) in [5, 5.41) is 13.4. The van der Waals surface area contributed by atoms with Crippen molar-refractivity contribution in [2.75, 3.05) is 11.4 Å². The second-order valence-corrected chi connectivity index (χ2v) is 6.35. The summed E-state index contributed by atoms with van der Waals surface area (Å²) in [4.78, 5) is 22.9. The van der Waals surface area contributed by atoms with Crippen LogP contribution in [0, 0.1) is 11.3 Å². The van der Waals surface area contributed by atoms with E-state index < -0.39 is 0 Å². The maximum atomic E-state index is 12.3. The summed E-state index contributed by atoms with van der Waals surface area (Å²) < 4.78 is 1.60. The summed E-state index contributed by atoms with van der Waals surface area (Å²) in [5.74, 6) is 0.755. The van der Waals surface area contributed by atoms with Crippen molar-refractivity contribution in [3.63, 3.8) is 0 Å². The molecule has 3 heterocycles. The van der Waals surface area contributed by atoms with Gasteiger partial charge in [0.2, 0.25) is 0 Å². The van der Waals surface area contributed by atoms with Crippen LogP contribution in [0.15, 0.2) is 23.3 Å². The second kappa shape index (κ2) is 6.04. The minimum atomic E-state index is -0.0200. The van der Waals surface area contributed by atoms with Gasteiger partial charge in [-0.25, -0.2) is 14.6 Å². The van der Waals surface area contributed by atoms with Crippen LogP contribution in [0.2, 0.25) is 0 Å². The molecular weight excluding hydrogens is 304 g/mol. The van der Waals surface area contributed by atoms with Crippen LogP contribution < -0.4 is 10.5 Å². The SMILES string of the molecule is N#Cc1cnc(N2CCCC2Cn2nc3c(cc2=O)CCC3)cn1. The van der Waals surface area contributed by atoms with Crippen molar-refractivity contribution < 1.29 is 0 Å². The molecule has 0 saturated carbocycles. The first-order valence-corrected chi connectivity index (χ1v) is 8.33. The van der Waals surface area contributed by atoms with E-state index in [-0.39, 0.29) is 11.6 Å². The van der Waals surface area contributed by atoms with E-state index in [4.69, 9.17) is 5.26 Å². The molecule has 1 fully saturated rings. The lowest BCUT2D eigenvalue weighted by Gasteiger charge is -2.25. The van der Waals surface area contributed by atoms with E-state index in [2.05, 4.69) is 20.0 Å². The highest BCUT2D eigenvalue weighted by Crippen LogP contribution is 2.24. The standard InChI is InChI=1S/C17H18N6O/c18-8-13-9-20-16(10-19-13)22-6-2-4-14(22)11-23-17(24)7-12-3-1-5-15(12)21-23/h7,9-10,14H,1-6,11H2. The fourth-order valence-corrected chi connectivity index (χ4v) is 3.62. The minimum Gasteiger partial charge on any atom is -0.350 e. The van der Waals surface area contributed by atoms with E-state index in [0.29, 0.717) is 12.2 Å². The Morgan fingerprint density at radius 3 is 2.96 bits per heavy atom. The van der Waals surface area contributed by atoms with Crippen molar-refractivity contribution in [1.29, 1.82) is 5.26 Å². The minimum absolute atomic E-state index is 0.0200. The number of aryl methyl sites for hydroxylation is 2. The molecule has 2 aromatic heterocycles. The molecule has 1 aliphatic heterocycles. The van der Waals surface area contributed by atoms with Crippen molar-refractivity contribution in [2.45, 2.75) is 44.7 Å². The molecule has 4 rings (SSSR count). The molecule has 2 aliphatic rings. The molecule has 2 aromatic rings. The topological polar surface area (TPSA) is 87.7 Å². The Kier molecular flexibility index (Phi) is 3.73. The number of nitrogens with zero attached hydrogens (tertiary/aromatic N) is 6. The Balaban J connectivity index is 1.57. The number of rotatable bonds is 3. The van der Waals surface area contributed by atoms with Crippen molar-refractivity contribution in [2.24, 2.45) is 0 Å². The van der Waals surface area contributed by atoms with Gasteiger partial charge in [0.05, 0.1) is 30.7 Å². The third kappa shape index (κ3) is 2.64. The van der Waals surface area contributed by atoms with Crippen LogP contribution in [0.25, 0.3) is 0 Å². The molecule has 0 N–H and O–H groups in total. The Morgan fingerprint density at radius 2 is 2.17 bits per heavy atom. The Morgan fingerprint density at radius 1 is 1.25 bits per heavy atom. The number of anilines is 1. The molecule has 0 bridgehead atoms. The van der Waals surface area contributed by atoms with Crippen molar-refractivity contribution >= 4 is 5.82 Å². The molecule has 1 aliphatic carbocycles. The highest BCUT2D eigenvalue weighted by atomic mass is 16.1. The molecule has 24 heavy (non-hydrogen) atoms. The first-order valence-electron chi connectivity index (χ1n) is 8.33. The van der Waals surface area contributed by atoms with Crippen LogP contribution in [0.3, 0.4) is 0 Å². The van der Waals surface area contributed by atoms with E-state index in [1.165, 1.54) is 6.20 Å². The van der Waals surface area contributed by atoms with Crippen molar-refractivity contribution in [1.82, 2.24) is 19.7 Å². The van der Waals surface area contributed by atoms with Gasteiger partial charge in [-0.05, 0) is 37.7 Å². The van der Waals surface area contributed by atoms with Gasteiger partial charge in [-0.2, -0.15) is 10.4 Å². The van der Waals surface area contributed by atoms with Gasteiger partial charge in [0, 0.05) is 12.6 Å². The van der Waals surface area contributed by atoms with E-state index in [1.807, 2.05) is 6.07 Å². The third-order valence-corrected chi connectivity index (χ3v) is 4.83. The maximum absolute atomic E-state index is 12.3. The fraction of sp³-hybridized carbons (Fsp3) is 0.471. The number of hydrogen-bond acceptors (Lipinski definition) is 6. The summed E-state index contributed by atoms with van der Waals surface area (Å²) in [6.45, 7) is 1.44. The Hall–Kier alpha value is -2.75. The maximum Gasteiger partial charge on any atom is 0.267 e. The number of nitriles is 1. The fourth-order valence-electron chi connectivity index (χ4n) is 3.62. The molecule has 1 saturated heterocycles.